The lowest BCUT2D eigenvalue weighted by Gasteiger charge is -2.23. The van der Waals surface area contributed by atoms with Gasteiger partial charge in [0.25, 0.3) is 5.56 Å². The van der Waals surface area contributed by atoms with Crippen LogP contribution >= 0.6 is 12.4 Å². The fraction of sp³-hybridized carbons (Fsp3) is 0.474. The molecule has 25 heavy (non-hydrogen) atoms. The van der Waals surface area contributed by atoms with Gasteiger partial charge >= 0.3 is 0 Å². The molecule has 0 radical (unpaired) electrons. The molecule has 134 valence electrons. The first-order valence-electron chi connectivity index (χ1n) is 8.94. The summed E-state index contributed by atoms with van der Waals surface area (Å²) in [5.41, 5.74) is 4.09. The van der Waals surface area contributed by atoms with Gasteiger partial charge in [0, 0.05) is 17.4 Å². The summed E-state index contributed by atoms with van der Waals surface area (Å²) in [4.78, 5) is 15.4. The molecule has 0 bridgehead atoms. The van der Waals surface area contributed by atoms with Crippen LogP contribution in [-0.2, 0) is 0 Å². The van der Waals surface area contributed by atoms with Crippen molar-refractivity contribution >= 4 is 29.0 Å². The molecule has 1 aliphatic heterocycles. The molecule has 1 atom stereocenters. The number of nitrogens with zero attached hydrogens (tertiary/aromatic N) is 2. The molecule has 3 aromatic rings. The molecule has 5 nitrogen and oxygen atoms in total. The van der Waals surface area contributed by atoms with E-state index in [1.807, 2.05) is 10.6 Å². The average molecular weight is 361 g/mol. The van der Waals surface area contributed by atoms with Gasteiger partial charge < -0.3 is 10.3 Å². The Morgan fingerprint density at radius 1 is 1.32 bits per heavy atom. The first-order chi connectivity index (χ1) is 11.7. The minimum atomic E-state index is -0.0308. The predicted octanol–water partition coefficient (Wildman–Crippen LogP) is 3.58. The SMILES string of the molecule is CCC(C)c1cccc2nn3c(C4CCNCC4)cc(=O)[nH]c3c12.Cl. The van der Waals surface area contributed by atoms with E-state index in [-0.39, 0.29) is 18.0 Å². The maximum atomic E-state index is 12.3. The Labute approximate surface area is 153 Å². The molecule has 6 heteroatoms. The third-order valence-electron chi connectivity index (χ3n) is 5.40. The van der Waals surface area contributed by atoms with Gasteiger partial charge in [-0.1, -0.05) is 26.0 Å². The fourth-order valence-corrected chi connectivity index (χ4v) is 3.85. The molecule has 1 aromatic carbocycles. The number of aromatic amines is 1. The highest BCUT2D eigenvalue weighted by molar-refractivity contribution is 5.95. The molecule has 3 heterocycles. The lowest BCUT2D eigenvalue weighted by molar-refractivity contribution is 0.446. The van der Waals surface area contributed by atoms with Crippen molar-refractivity contribution in [3.05, 3.63) is 45.9 Å². The summed E-state index contributed by atoms with van der Waals surface area (Å²) >= 11 is 0. The standard InChI is InChI=1S/C19H24N4O.ClH/c1-3-12(2)14-5-4-6-15-18(14)19-21-17(24)11-16(23(19)22-15)13-7-9-20-10-8-13;/h4-6,11-13,20H,3,7-10H2,1-2H3,(H,21,24);1H. The number of H-pyrrole nitrogens is 1. The molecule has 0 aliphatic carbocycles. The van der Waals surface area contributed by atoms with Crippen molar-refractivity contribution in [2.45, 2.75) is 44.9 Å². The van der Waals surface area contributed by atoms with E-state index >= 15 is 0 Å². The molecule has 2 N–H and O–H groups in total. The lowest BCUT2D eigenvalue weighted by atomic mass is 9.94. The van der Waals surface area contributed by atoms with Crippen LogP contribution in [0.1, 0.15) is 56.2 Å². The van der Waals surface area contributed by atoms with Crippen molar-refractivity contribution in [3.63, 3.8) is 0 Å². The number of piperidine rings is 1. The average Bonchev–Trinajstić information content (AvgIpc) is 2.99. The van der Waals surface area contributed by atoms with E-state index in [1.54, 1.807) is 6.07 Å². The van der Waals surface area contributed by atoms with E-state index < -0.39 is 0 Å². The van der Waals surface area contributed by atoms with E-state index in [2.05, 4.69) is 36.3 Å². The van der Waals surface area contributed by atoms with E-state index in [1.165, 1.54) is 5.56 Å². The molecular formula is C19H25ClN4O. The zero-order valence-electron chi connectivity index (χ0n) is 14.7. The molecule has 0 saturated carbocycles. The number of hydrogen-bond donors (Lipinski definition) is 2. The van der Waals surface area contributed by atoms with E-state index in [4.69, 9.17) is 5.10 Å². The van der Waals surface area contributed by atoms with Crippen LogP contribution in [0.2, 0.25) is 0 Å². The summed E-state index contributed by atoms with van der Waals surface area (Å²) in [6.45, 7) is 6.42. The monoisotopic (exact) mass is 360 g/mol. The van der Waals surface area contributed by atoms with Crippen molar-refractivity contribution in [2.24, 2.45) is 0 Å². The van der Waals surface area contributed by atoms with Gasteiger partial charge in [0.15, 0.2) is 0 Å². The summed E-state index contributed by atoms with van der Waals surface area (Å²) in [7, 11) is 0. The van der Waals surface area contributed by atoms with Crippen LogP contribution in [0, 0.1) is 0 Å². The number of fused-ring (bicyclic) bond motifs is 3. The number of nitrogens with one attached hydrogen (secondary N) is 2. The summed E-state index contributed by atoms with van der Waals surface area (Å²) < 4.78 is 1.98. The third kappa shape index (κ3) is 3.07. The Morgan fingerprint density at radius 3 is 2.80 bits per heavy atom. The molecular weight excluding hydrogens is 336 g/mol. The molecule has 0 spiro atoms. The third-order valence-corrected chi connectivity index (χ3v) is 5.40. The normalized spacial score (nSPS) is 16.9. The summed E-state index contributed by atoms with van der Waals surface area (Å²) in [6, 6.07) is 8.00. The van der Waals surface area contributed by atoms with Gasteiger partial charge in [0.05, 0.1) is 11.2 Å². The Morgan fingerprint density at radius 2 is 2.08 bits per heavy atom. The van der Waals surface area contributed by atoms with Gasteiger partial charge in [-0.25, -0.2) is 4.52 Å². The Bertz CT molecular complexity index is 940. The first-order valence-corrected chi connectivity index (χ1v) is 8.94. The maximum absolute atomic E-state index is 12.3. The van der Waals surface area contributed by atoms with Crippen LogP contribution in [-0.4, -0.2) is 27.7 Å². The molecule has 4 rings (SSSR count). The van der Waals surface area contributed by atoms with Crippen LogP contribution < -0.4 is 10.9 Å². The number of halogens is 1. The number of benzene rings is 1. The van der Waals surface area contributed by atoms with Gasteiger partial charge in [-0.2, -0.15) is 5.10 Å². The number of aromatic nitrogens is 3. The molecule has 0 amide bonds. The minimum Gasteiger partial charge on any atom is -0.317 e. The van der Waals surface area contributed by atoms with Crippen LogP contribution in [0.3, 0.4) is 0 Å². The van der Waals surface area contributed by atoms with Gasteiger partial charge in [-0.15, -0.1) is 12.4 Å². The van der Waals surface area contributed by atoms with Gasteiger partial charge in [-0.3, -0.25) is 4.79 Å². The smallest absolute Gasteiger partial charge is 0.251 e. The predicted molar refractivity (Wildman–Crippen MR) is 104 cm³/mol. The zero-order chi connectivity index (χ0) is 16.7. The molecule has 2 aromatic heterocycles. The second kappa shape index (κ2) is 7.18. The van der Waals surface area contributed by atoms with Crippen molar-refractivity contribution in [1.29, 1.82) is 0 Å². The van der Waals surface area contributed by atoms with Gasteiger partial charge in [0.1, 0.15) is 5.65 Å². The highest BCUT2D eigenvalue weighted by atomic mass is 35.5. The fourth-order valence-electron chi connectivity index (χ4n) is 3.85. The maximum Gasteiger partial charge on any atom is 0.251 e. The van der Waals surface area contributed by atoms with Crippen LogP contribution in [0.4, 0.5) is 0 Å². The second-order valence-corrected chi connectivity index (χ2v) is 6.89. The molecule has 1 aliphatic rings. The first kappa shape index (κ1) is 18.0. The highest BCUT2D eigenvalue weighted by Crippen LogP contribution is 2.32. The lowest BCUT2D eigenvalue weighted by Crippen LogP contribution is -2.28. The summed E-state index contributed by atoms with van der Waals surface area (Å²) in [5.74, 6) is 0.824. The highest BCUT2D eigenvalue weighted by Gasteiger charge is 2.22. The second-order valence-electron chi connectivity index (χ2n) is 6.89. The van der Waals surface area contributed by atoms with Gasteiger partial charge in [0.2, 0.25) is 0 Å². The molecule has 1 fully saturated rings. The van der Waals surface area contributed by atoms with E-state index in [0.717, 1.165) is 54.6 Å². The summed E-state index contributed by atoms with van der Waals surface area (Å²) in [6.07, 6.45) is 3.16. The Balaban J connectivity index is 0.00000182. The van der Waals surface area contributed by atoms with E-state index in [0.29, 0.717) is 11.8 Å². The van der Waals surface area contributed by atoms with E-state index in [9.17, 15) is 4.79 Å². The quantitative estimate of drug-likeness (QED) is 0.750. The molecule has 1 unspecified atom stereocenters. The molecule has 1 saturated heterocycles. The topological polar surface area (TPSA) is 62.2 Å². The van der Waals surface area contributed by atoms with Crippen LogP contribution in [0.5, 0.6) is 0 Å². The van der Waals surface area contributed by atoms with Crippen molar-refractivity contribution < 1.29 is 0 Å². The largest absolute Gasteiger partial charge is 0.317 e. The van der Waals surface area contributed by atoms with Crippen molar-refractivity contribution in [1.82, 2.24) is 19.9 Å². The number of rotatable bonds is 3. The van der Waals surface area contributed by atoms with Crippen LogP contribution in [0.25, 0.3) is 16.6 Å². The van der Waals surface area contributed by atoms with Crippen LogP contribution in [0.15, 0.2) is 29.1 Å². The van der Waals surface area contributed by atoms with Crippen molar-refractivity contribution in [3.8, 4) is 0 Å². The Hall–Kier alpha value is -1.85. The van der Waals surface area contributed by atoms with Gasteiger partial charge in [-0.05, 0) is 49.9 Å². The minimum absolute atomic E-state index is 0. The summed E-state index contributed by atoms with van der Waals surface area (Å²) in [5, 5.41) is 9.32. The Kier molecular flexibility index (Phi) is 5.16. The van der Waals surface area contributed by atoms with Crippen molar-refractivity contribution in [2.75, 3.05) is 13.1 Å². The zero-order valence-corrected chi connectivity index (χ0v) is 15.5. The number of hydrogen-bond acceptors (Lipinski definition) is 3.